The molecule has 0 amide bonds. The van der Waals surface area contributed by atoms with Crippen LogP contribution >= 0.6 is 0 Å². The quantitative estimate of drug-likeness (QED) is 0.322. The molecule has 0 N–H and O–H groups in total. The van der Waals surface area contributed by atoms with Crippen LogP contribution in [0.3, 0.4) is 0 Å². The molecule has 38 heavy (non-hydrogen) atoms. The molecule has 1 aliphatic heterocycles. The third kappa shape index (κ3) is 4.48. The second-order valence-electron chi connectivity index (χ2n) is 9.95. The number of ether oxygens (including phenoxy) is 2. The number of tetrazole rings is 1. The fourth-order valence-corrected chi connectivity index (χ4v) is 5.70. The Balaban J connectivity index is 1.61. The van der Waals surface area contributed by atoms with Crippen molar-refractivity contribution in [2.75, 3.05) is 13.7 Å². The Morgan fingerprint density at radius 2 is 1.92 bits per heavy atom. The minimum atomic E-state index is -4.73. The number of benzene rings is 2. The number of aromatic nitrogens is 4. The number of nitrogens with zero attached hydrogens (tertiary/aromatic N) is 4. The van der Waals surface area contributed by atoms with Crippen LogP contribution in [0, 0.1) is 11.7 Å². The number of carbonyl (C=O) groups is 1. The van der Waals surface area contributed by atoms with E-state index in [1.54, 1.807) is 30.3 Å². The molecular formula is C27H26F4N4O3. The summed E-state index contributed by atoms with van der Waals surface area (Å²) in [5.74, 6) is -2.83. The molecule has 0 unspecified atom stereocenters. The van der Waals surface area contributed by atoms with Crippen LogP contribution in [-0.4, -0.2) is 45.5 Å². The maximum atomic E-state index is 13.7. The van der Waals surface area contributed by atoms with Crippen LogP contribution < -0.4 is 0 Å². The summed E-state index contributed by atoms with van der Waals surface area (Å²) < 4.78 is 66.3. The molecule has 2 aromatic carbocycles. The van der Waals surface area contributed by atoms with Gasteiger partial charge in [-0.2, -0.15) is 17.9 Å². The summed E-state index contributed by atoms with van der Waals surface area (Å²) >= 11 is 0. The molecule has 1 aliphatic carbocycles. The Kier molecular flexibility index (Phi) is 6.58. The van der Waals surface area contributed by atoms with Crippen molar-refractivity contribution in [3.05, 3.63) is 76.9 Å². The van der Waals surface area contributed by atoms with Crippen molar-refractivity contribution in [3.8, 4) is 5.69 Å². The largest absolute Gasteiger partial charge is 0.469 e. The lowest BCUT2D eigenvalue weighted by molar-refractivity contribution is -0.147. The first-order valence-corrected chi connectivity index (χ1v) is 12.2. The van der Waals surface area contributed by atoms with Gasteiger partial charge in [-0.1, -0.05) is 32.0 Å². The van der Waals surface area contributed by atoms with Crippen molar-refractivity contribution >= 4 is 11.5 Å². The van der Waals surface area contributed by atoms with Gasteiger partial charge in [-0.25, -0.2) is 4.39 Å². The molecule has 200 valence electrons. The highest BCUT2D eigenvalue weighted by Crippen LogP contribution is 2.54. The maximum absolute atomic E-state index is 13.7. The molecule has 0 bridgehead atoms. The first-order valence-electron chi connectivity index (χ1n) is 12.2. The minimum absolute atomic E-state index is 0.0618. The van der Waals surface area contributed by atoms with Crippen molar-refractivity contribution in [1.82, 2.24) is 20.2 Å². The maximum Gasteiger partial charge on any atom is 0.453 e. The van der Waals surface area contributed by atoms with E-state index in [1.807, 2.05) is 19.9 Å². The topological polar surface area (TPSA) is 79.1 Å². The highest BCUT2D eigenvalue weighted by atomic mass is 19.4. The number of alkyl halides is 3. The third-order valence-electron chi connectivity index (χ3n) is 7.40. The SMILES string of the molecule is COC(=O)[C@H]1CC[C@@]2(C=C(c3cc(-n4nnnc4C(F)(F)F)ccc3C(C)C)CO2)[C@@H]1c1ccc(F)cc1. The lowest BCUT2D eigenvalue weighted by atomic mass is 9.79. The van der Waals surface area contributed by atoms with Crippen molar-refractivity contribution in [2.45, 2.75) is 50.3 Å². The summed E-state index contributed by atoms with van der Waals surface area (Å²) in [6.45, 7) is 4.18. The number of methoxy groups -OCH3 is 1. The van der Waals surface area contributed by atoms with Gasteiger partial charge in [-0.05, 0) is 81.8 Å². The number of carbonyl (C=O) groups excluding carboxylic acids is 1. The Labute approximate surface area is 216 Å². The number of halogens is 4. The molecule has 11 heteroatoms. The van der Waals surface area contributed by atoms with Crippen LogP contribution in [-0.2, 0) is 20.4 Å². The first kappa shape index (κ1) is 26.0. The van der Waals surface area contributed by atoms with Crippen LogP contribution in [0.1, 0.15) is 61.0 Å². The van der Waals surface area contributed by atoms with Crippen LogP contribution in [0.15, 0.2) is 48.5 Å². The second kappa shape index (κ2) is 9.61. The van der Waals surface area contributed by atoms with Gasteiger partial charge in [0, 0.05) is 5.92 Å². The van der Waals surface area contributed by atoms with Gasteiger partial charge in [-0.15, -0.1) is 5.10 Å². The molecule has 1 spiro atoms. The molecular weight excluding hydrogens is 504 g/mol. The van der Waals surface area contributed by atoms with Crippen LogP contribution in [0.2, 0.25) is 0 Å². The molecule has 3 aromatic rings. The predicted molar refractivity (Wildman–Crippen MR) is 129 cm³/mol. The molecule has 3 atom stereocenters. The molecule has 1 aromatic heterocycles. The van der Waals surface area contributed by atoms with E-state index in [9.17, 15) is 22.4 Å². The van der Waals surface area contributed by atoms with Crippen LogP contribution in [0.5, 0.6) is 0 Å². The van der Waals surface area contributed by atoms with E-state index in [0.29, 0.717) is 17.5 Å². The van der Waals surface area contributed by atoms with Crippen molar-refractivity contribution in [3.63, 3.8) is 0 Å². The smallest absolute Gasteiger partial charge is 0.453 e. The van der Waals surface area contributed by atoms with Gasteiger partial charge < -0.3 is 9.47 Å². The molecule has 2 aliphatic rings. The average Bonchev–Trinajstić information content (AvgIpc) is 3.63. The Morgan fingerprint density at radius 3 is 2.58 bits per heavy atom. The first-order chi connectivity index (χ1) is 18.0. The van der Waals surface area contributed by atoms with E-state index in [0.717, 1.165) is 22.3 Å². The van der Waals surface area contributed by atoms with Gasteiger partial charge in [0.1, 0.15) is 5.82 Å². The summed E-state index contributed by atoms with van der Waals surface area (Å²) in [6.07, 6.45) is -1.72. The van der Waals surface area contributed by atoms with E-state index in [2.05, 4.69) is 15.5 Å². The molecule has 7 nitrogen and oxygen atoms in total. The van der Waals surface area contributed by atoms with Crippen LogP contribution in [0.4, 0.5) is 17.6 Å². The van der Waals surface area contributed by atoms with Crippen LogP contribution in [0.25, 0.3) is 11.3 Å². The predicted octanol–water partition coefficient (Wildman–Crippen LogP) is 5.46. The van der Waals surface area contributed by atoms with E-state index < -0.39 is 35.3 Å². The van der Waals surface area contributed by atoms with Crippen molar-refractivity contribution < 1.29 is 31.8 Å². The van der Waals surface area contributed by atoms with Crippen molar-refractivity contribution in [2.24, 2.45) is 5.92 Å². The fourth-order valence-electron chi connectivity index (χ4n) is 5.70. The lowest BCUT2D eigenvalue weighted by Gasteiger charge is -2.31. The Bertz CT molecular complexity index is 1380. The number of hydrogen-bond donors (Lipinski definition) is 0. The van der Waals surface area contributed by atoms with Gasteiger partial charge in [-0.3, -0.25) is 4.79 Å². The molecule has 0 saturated heterocycles. The fraction of sp³-hybridized carbons (Fsp3) is 0.407. The standard InChI is InChI=1S/C27H26F4N4O3/c1-15(2)20-9-8-19(35-25(27(29,30)31)32-33-34-35)12-22(20)17-13-26(38-14-17)11-10-21(24(36)37-3)23(26)16-4-6-18(28)7-5-16/h4-9,12-13,15,21,23H,10-11,14H2,1-3H3/t21-,23+,26+/m0/s1. The Morgan fingerprint density at radius 1 is 1.18 bits per heavy atom. The summed E-state index contributed by atoms with van der Waals surface area (Å²) in [4.78, 5) is 12.7. The van der Waals surface area contributed by atoms with Gasteiger partial charge >= 0.3 is 12.1 Å². The van der Waals surface area contributed by atoms with Crippen molar-refractivity contribution in [1.29, 1.82) is 0 Å². The molecule has 2 heterocycles. The zero-order valence-corrected chi connectivity index (χ0v) is 21.0. The molecule has 1 saturated carbocycles. The minimum Gasteiger partial charge on any atom is -0.469 e. The summed E-state index contributed by atoms with van der Waals surface area (Å²) in [6, 6.07) is 10.9. The third-order valence-corrected chi connectivity index (χ3v) is 7.40. The second-order valence-corrected chi connectivity index (χ2v) is 9.95. The van der Waals surface area contributed by atoms with E-state index >= 15 is 0 Å². The normalized spacial score (nSPS) is 23.3. The van der Waals surface area contributed by atoms with E-state index in [4.69, 9.17) is 9.47 Å². The summed E-state index contributed by atoms with van der Waals surface area (Å²) in [5.41, 5.74) is 2.48. The molecule has 0 radical (unpaired) electrons. The van der Waals surface area contributed by atoms with Gasteiger partial charge in [0.2, 0.25) is 0 Å². The van der Waals surface area contributed by atoms with Gasteiger partial charge in [0.05, 0.1) is 30.9 Å². The number of rotatable bonds is 5. The summed E-state index contributed by atoms with van der Waals surface area (Å²) in [7, 11) is 1.33. The molecule has 1 fully saturated rings. The van der Waals surface area contributed by atoms with E-state index in [-0.39, 0.29) is 24.2 Å². The highest BCUT2D eigenvalue weighted by molar-refractivity contribution is 5.77. The molecule has 5 rings (SSSR count). The van der Waals surface area contributed by atoms with E-state index in [1.165, 1.54) is 19.2 Å². The zero-order valence-electron chi connectivity index (χ0n) is 21.0. The summed E-state index contributed by atoms with van der Waals surface area (Å²) in [5, 5.41) is 9.95. The lowest BCUT2D eigenvalue weighted by Crippen LogP contribution is -2.34. The number of esters is 1. The van der Waals surface area contributed by atoms with Gasteiger partial charge in [0.25, 0.3) is 5.82 Å². The monoisotopic (exact) mass is 530 g/mol. The zero-order chi connectivity index (χ0) is 27.2. The van der Waals surface area contributed by atoms with Gasteiger partial charge in [0.15, 0.2) is 0 Å². The number of hydrogen-bond acceptors (Lipinski definition) is 6. The highest BCUT2D eigenvalue weighted by Gasteiger charge is 2.54. The average molecular weight is 531 g/mol. The Hall–Kier alpha value is -3.60.